The van der Waals surface area contributed by atoms with Crippen molar-refractivity contribution >= 4 is 17.6 Å². The summed E-state index contributed by atoms with van der Waals surface area (Å²) in [6.07, 6.45) is 0. The number of aryl methyl sites for hydroxylation is 2. The molecule has 1 aromatic heterocycles. The third kappa shape index (κ3) is 2.34. The Morgan fingerprint density at radius 2 is 1.80 bits per heavy atom. The molecule has 1 N–H and O–H groups in total. The van der Waals surface area contributed by atoms with Crippen LogP contribution >= 0.6 is 11.6 Å². The molecule has 0 radical (unpaired) electrons. The fraction of sp³-hybridized carbons (Fsp3) is 0.200. The normalized spacial score (nSPS) is 10.6. The fourth-order valence-corrected chi connectivity index (χ4v) is 2.42. The molecule has 0 spiro atoms. The van der Waals surface area contributed by atoms with Gasteiger partial charge in [0.25, 0.3) is 5.56 Å². The summed E-state index contributed by atoms with van der Waals surface area (Å²) in [7, 11) is 0. The molecule has 0 amide bonds. The second-order valence-corrected chi connectivity index (χ2v) is 5.11. The van der Waals surface area contributed by atoms with Crippen molar-refractivity contribution in [1.82, 2.24) is 4.57 Å². The van der Waals surface area contributed by atoms with Crippen LogP contribution in [0.15, 0.2) is 29.1 Å². The molecule has 1 heterocycles. The number of halogens is 1. The molecule has 5 heteroatoms. The first kappa shape index (κ1) is 14.3. The van der Waals surface area contributed by atoms with Crippen LogP contribution in [-0.4, -0.2) is 15.6 Å². The highest BCUT2D eigenvalue weighted by Gasteiger charge is 2.17. The maximum atomic E-state index is 12.2. The van der Waals surface area contributed by atoms with Gasteiger partial charge < -0.3 is 5.11 Å². The smallest absolute Gasteiger partial charge is 0.337 e. The highest BCUT2D eigenvalue weighted by Crippen LogP contribution is 2.21. The van der Waals surface area contributed by atoms with Crippen LogP contribution in [0.2, 0.25) is 5.02 Å². The number of aromatic nitrogens is 1. The Morgan fingerprint density at radius 1 is 1.15 bits per heavy atom. The van der Waals surface area contributed by atoms with Crippen LogP contribution in [-0.2, 0) is 0 Å². The van der Waals surface area contributed by atoms with Crippen LogP contribution in [0.4, 0.5) is 0 Å². The third-order valence-electron chi connectivity index (χ3n) is 3.28. The van der Waals surface area contributed by atoms with Crippen LogP contribution in [0.1, 0.15) is 27.2 Å². The van der Waals surface area contributed by atoms with Crippen LogP contribution in [0, 0.1) is 20.8 Å². The lowest BCUT2D eigenvalue weighted by Crippen LogP contribution is -2.24. The average Bonchev–Trinajstić information content (AvgIpc) is 2.32. The summed E-state index contributed by atoms with van der Waals surface area (Å²) in [6.45, 7) is 5.09. The highest BCUT2D eigenvalue weighted by atomic mass is 35.5. The largest absolute Gasteiger partial charge is 0.478 e. The zero-order chi connectivity index (χ0) is 15.0. The van der Waals surface area contributed by atoms with E-state index in [1.54, 1.807) is 32.0 Å². The molecule has 0 saturated heterocycles. The zero-order valence-corrected chi connectivity index (χ0v) is 12.2. The summed E-state index contributed by atoms with van der Waals surface area (Å²) < 4.78 is 1.36. The average molecular weight is 292 g/mol. The molecule has 1 aromatic carbocycles. The van der Waals surface area contributed by atoms with Gasteiger partial charge in [0.1, 0.15) is 0 Å². The van der Waals surface area contributed by atoms with E-state index in [0.717, 1.165) is 5.56 Å². The van der Waals surface area contributed by atoms with Crippen molar-refractivity contribution in [1.29, 1.82) is 0 Å². The van der Waals surface area contributed by atoms with Crippen molar-refractivity contribution in [3.63, 3.8) is 0 Å². The maximum Gasteiger partial charge on any atom is 0.337 e. The van der Waals surface area contributed by atoms with Gasteiger partial charge in [0, 0.05) is 16.8 Å². The minimum absolute atomic E-state index is 0.140. The van der Waals surface area contributed by atoms with Crippen LogP contribution in [0.25, 0.3) is 5.69 Å². The van der Waals surface area contributed by atoms with Gasteiger partial charge in [-0.05, 0) is 44.0 Å². The lowest BCUT2D eigenvalue weighted by Gasteiger charge is -2.14. The number of nitrogens with zero attached hydrogens (tertiary/aromatic N) is 1. The molecular formula is C15H14ClNO3. The first-order chi connectivity index (χ1) is 9.32. The Kier molecular flexibility index (Phi) is 3.68. The van der Waals surface area contributed by atoms with Gasteiger partial charge in [-0.1, -0.05) is 17.7 Å². The van der Waals surface area contributed by atoms with Crippen molar-refractivity contribution in [2.45, 2.75) is 20.8 Å². The van der Waals surface area contributed by atoms with E-state index in [2.05, 4.69) is 0 Å². The van der Waals surface area contributed by atoms with E-state index in [9.17, 15) is 14.7 Å². The Hall–Kier alpha value is -2.07. The molecule has 4 nitrogen and oxygen atoms in total. The second kappa shape index (κ2) is 5.13. The standard InChI is InChI=1S/C15H14ClNO3/c1-8-4-5-11(7-12(8)16)17-10(3)14(15(19)20)9(2)6-13(17)18/h4-7H,1-3H3,(H,19,20). The second-order valence-electron chi connectivity index (χ2n) is 4.70. The lowest BCUT2D eigenvalue weighted by atomic mass is 10.1. The van der Waals surface area contributed by atoms with Gasteiger partial charge in [-0.15, -0.1) is 0 Å². The number of carboxylic acid groups (broad SMARTS) is 1. The molecular weight excluding hydrogens is 278 g/mol. The van der Waals surface area contributed by atoms with E-state index in [1.807, 2.05) is 6.92 Å². The van der Waals surface area contributed by atoms with E-state index < -0.39 is 5.97 Å². The van der Waals surface area contributed by atoms with E-state index in [1.165, 1.54) is 10.6 Å². The molecule has 20 heavy (non-hydrogen) atoms. The van der Waals surface area contributed by atoms with Gasteiger partial charge in [-0.25, -0.2) is 4.79 Å². The van der Waals surface area contributed by atoms with E-state index in [4.69, 9.17) is 11.6 Å². The number of carboxylic acids is 1. The van der Waals surface area contributed by atoms with Crippen molar-refractivity contribution in [2.24, 2.45) is 0 Å². The van der Waals surface area contributed by atoms with Gasteiger partial charge in [0.2, 0.25) is 0 Å². The molecule has 0 atom stereocenters. The van der Waals surface area contributed by atoms with E-state index >= 15 is 0 Å². The number of benzene rings is 1. The number of aromatic carboxylic acids is 1. The molecule has 0 bridgehead atoms. The quantitative estimate of drug-likeness (QED) is 0.925. The molecule has 0 aliphatic carbocycles. The summed E-state index contributed by atoms with van der Waals surface area (Å²) in [4.78, 5) is 23.5. The number of carbonyl (C=O) groups is 1. The molecule has 104 valence electrons. The Morgan fingerprint density at radius 3 is 2.35 bits per heavy atom. The Bertz CT molecular complexity index is 762. The Balaban J connectivity index is 2.80. The molecule has 0 unspecified atom stereocenters. The van der Waals surface area contributed by atoms with Crippen molar-refractivity contribution in [3.05, 3.63) is 62.0 Å². The first-order valence-electron chi connectivity index (χ1n) is 6.06. The van der Waals surface area contributed by atoms with Crippen LogP contribution in [0.5, 0.6) is 0 Å². The minimum Gasteiger partial charge on any atom is -0.478 e. The van der Waals surface area contributed by atoms with Crippen LogP contribution in [0.3, 0.4) is 0 Å². The van der Waals surface area contributed by atoms with Gasteiger partial charge in [0.15, 0.2) is 0 Å². The number of pyridine rings is 1. The van der Waals surface area contributed by atoms with Gasteiger partial charge in [-0.3, -0.25) is 9.36 Å². The predicted octanol–water partition coefficient (Wildman–Crippen LogP) is 3.11. The number of hydrogen-bond acceptors (Lipinski definition) is 2. The zero-order valence-electron chi connectivity index (χ0n) is 11.4. The predicted molar refractivity (Wildman–Crippen MR) is 78.2 cm³/mol. The van der Waals surface area contributed by atoms with Crippen LogP contribution < -0.4 is 5.56 Å². The van der Waals surface area contributed by atoms with Crippen molar-refractivity contribution in [2.75, 3.05) is 0 Å². The number of rotatable bonds is 2. The summed E-state index contributed by atoms with van der Waals surface area (Å²) >= 11 is 6.07. The molecule has 2 aromatic rings. The SMILES string of the molecule is Cc1ccc(-n2c(C)c(C(=O)O)c(C)cc2=O)cc1Cl. The molecule has 0 fully saturated rings. The third-order valence-corrected chi connectivity index (χ3v) is 3.69. The van der Waals surface area contributed by atoms with Crippen molar-refractivity contribution < 1.29 is 9.90 Å². The molecule has 0 aliphatic heterocycles. The highest BCUT2D eigenvalue weighted by molar-refractivity contribution is 6.31. The summed E-state index contributed by atoms with van der Waals surface area (Å²) in [5.74, 6) is -1.05. The minimum atomic E-state index is -1.05. The first-order valence-corrected chi connectivity index (χ1v) is 6.44. The Labute approximate surface area is 121 Å². The summed E-state index contributed by atoms with van der Waals surface area (Å²) in [5.41, 5.74) is 2.17. The number of hydrogen-bond donors (Lipinski definition) is 1. The van der Waals surface area contributed by atoms with Gasteiger partial charge >= 0.3 is 5.97 Å². The molecule has 0 saturated carbocycles. The molecule has 0 aliphatic rings. The van der Waals surface area contributed by atoms with Gasteiger partial charge in [-0.2, -0.15) is 0 Å². The fourth-order valence-electron chi connectivity index (χ4n) is 2.25. The summed E-state index contributed by atoms with van der Waals surface area (Å²) in [6, 6.07) is 6.52. The summed E-state index contributed by atoms with van der Waals surface area (Å²) in [5, 5.41) is 9.80. The maximum absolute atomic E-state index is 12.2. The van der Waals surface area contributed by atoms with E-state index in [0.29, 0.717) is 22.0 Å². The van der Waals surface area contributed by atoms with Crippen molar-refractivity contribution in [3.8, 4) is 5.69 Å². The monoisotopic (exact) mass is 291 g/mol. The topological polar surface area (TPSA) is 59.3 Å². The van der Waals surface area contributed by atoms with E-state index in [-0.39, 0.29) is 11.1 Å². The lowest BCUT2D eigenvalue weighted by molar-refractivity contribution is 0.0694. The van der Waals surface area contributed by atoms with Gasteiger partial charge in [0.05, 0.1) is 11.3 Å². The molecule has 2 rings (SSSR count).